The molecule has 0 unspecified atom stereocenters. The van der Waals surface area contributed by atoms with Crippen LogP contribution in [-0.4, -0.2) is 80.0 Å². The normalized spacial score (nSPS) is 43.6. The van der Waals surface area contributed by atoms with E-state index in [1.165, 1.54) is 0 Å². The van der Waals surface area contributed by atoms with Gasteiger partial charge < -0.3 is 28.8 Å². The number of hydrogen-bond acceptors (Lipinski definition) is 7. The van der Waals surface area contributed by atoms with Gasteiger partial charge in [0, 0.05) is 32.7 Å². The van der Waals surface area contributed by atoms with Crippen molar-refractivity contribution in [1.82, 2.24) is 4.90 Å². The number of methoxy groups -OCH3 is 1. The molecule has 0 radical (unpaired) electrons. The highest BCUT2D eigenvalue weighted by Gasteiger charge is 2.53. The summed E-state index contributed by atoms with van der Waals surface area (Å²) in [6.45, 7) is 5.57. The van der Waals surface area contributed by atoms with Gasteiger partial charge in [-0.05, 0) is 20.3 Å². The van der Waals surface area contributed by atoms with E-state index in [1.54, 1.807) is 7.11 Å². The van der Waals surface area contributed by atoms with Gasteiger partial charge in [0.15, 0.2) is 18.8 Å². The molecule has 3 rings (SSSR count). The topological polar surface area (TPSA) is 69.6 Å². The highest BCUT2D eigenvalue weighted by atomic mass is 16.7. The van der Waals surface area contributed by atoms with Crippen LogP contribution in [-0.2, 0) is 23.7 Å². The molecule has 0 amide bonds. The summed E-state index contributed by atoms with van der Waals surface area (Å²) in [6.07, 6.45) is 0.540. The number of rotatable bonds is 5. The standard InChI is InChI=1S/C15H27NO6/c1-9(4-6-17)20-12-8-11-13(10(2)21-12)22-14-15(18-3)19-7-5-16(11)14/h9-15,17H,4-8H2,1-3H3/t9-,10+,11+,12-,13-,14-,15+/m1/s1. The van der Waals surface area contributed by atoms with E-state index in [9.17, 15) is 0 Å². The van der Waals surface area contributed by atoms with Gasteiger partial charge in [-0.2, -0.15) is 0 Å². The van der Waals surface area contributed by atoms with Crippen LogP contribution in [0.4, 0.5) is 0 Å². The number of fused-ring (bicyclic) bond motifs is 3. The van der Waals surface area contributed by atoms with E-state index >= 15 is 0 Å². The second-order valence-electron chi connectivity index (χ2n) is 6.24. The SMILES string of the molecule is CO[C@H]1OCCN2[C@@H]1O[C@@H]1[C@H](C)O[C@@H](O[C@H](C)CCO)C[C@@H]12. The van der Waals surface area contributed by atoms with Crippen molar-refractivity contribution < 1.29 is 28.8 Å². The minimum absolute atomic E-state index is 0.0114. The third-order valence-corrected chi connectivity index (χ3v) is 4.71. The summed E-state index contributed by atoms with van der Waals surface area (Å²) in [7, 11) is 1.64. The number of morpholine rings is 1. The zero-order valence-corrected chi connectivity index (χ0v) is 13.5. The molecule has 22 heavy (non-hydrogen) atoms. The van der Waals surface area contributed by atoms with Crippen LogP contribution >= 0.6 is 0 Å². The minimum atomic E-state index is -0.348. The van der Waals surface area contributed by atoms with Gasteiger partial charge in [-0.1, -0.05) is 0 Å². The van der Waals surface area contributed by atoms with Crippen molar-refractivity contribution in [3.05, 3.63) is 0 Å². The van der Waals surface area contributed by atoms with Crippen LogP contribution in [0.15, 0.2) is 0 Å². The Labute approximate surface area is 131 Å². The van der Waals surface area contributed by atoms with E-state index in [2.05, 4.69) is 4.90 Å². The maximum atomic E-state index is 9.00. The maximum Gasteiger partial charge on any atom is 0.197 e. The summed E-state index contributed by atoms with van der Waals surface area (Å²) in [5.74, 6) is 0. The van der Waals surface area contributed by atoms with Gasteiger partial charge in [0.1, 0.15) is 6.10 Å². The average molecular weight is 317 g/mol. The Kier molecular flexibility index (Phi) is 5.34. The van der Waals surface area contributed by atoms with E-state index in [1.807, 2.05) is 13.8 Å². The van der Waals surface area contributed by atoms with Gasteiger partial charge >= 0.3 is 0 Å². The van der Waals surface area contributed by atoms with Crippen molar-refractivity contribution in [3.63, 3.8) is 0 Å². The highest BCUT2D eigenvalue weighted by molar-refractivity contribution is 4.97. The molecular weight excluding hydrogens is 290 g/mol. The highest BCUT2D eigenvalue weighted by Crippen LogP contribution is 2.38. The lowest BCUT2D eigenvalue weighted by Crippen LogP contribution is -2.55. The Morgan fingerprint density at radius 1 is 1.36 bits per heavy atom. The van der Waals surface area contributed by atoms with Crippen LogP contribution in [0.25, 0.3) is 0 Å². The molecule has 3 aliphatic heterocycles. The first-order valence-corrected chi connectivity index (χ1v) is 8.11. The Bertz CT molecular complexity index is 370. The van der Waals surface area contributed by atoms with Crippen molar-refractivity contribution in [2.75, 3.05) is 26.9 Å². The van der Waals surface area contributed by atoms with Gasteiger partial charge in [0.25, 0.3) is 0 Å². The number of ether oxygens (including phenoxy) is 5. The summed E-state index contributed by atoms with van der Waals surface area (Å²) in [5, 5.41) is 9.00. The molecule has 0 aliphatic carbocycles. The molecule has 3 fully saturated rings. The zero-order valence-electron chi connectivity index (χ0n) is 13.5. The fraction of sp³-hybridized carbons (Fsp3) is 1.00. The summed E-state index contributed by atoms with van der Waals surface area (Å²) >= 11 is 0. The summed E-state index contributed by atoms with van der Waals surface area (Å²) in [4.78, 5) is 2.31. The summed E-state index contributed by atoms with van der Waals surface area (Å²) < 4.78 is 29.0. The third kappa shape index (κ3) is 3.17. The van der Waals surface area contributed by atoms with Gasteiger partial charge in [-0.15, -0.1) is 0 Å². The van der Waals surface area contributed by atoms with Crippen molar-refractivity contribution in [3.8, 4) is 0 Å². The zero-order chi connectivity index (χ0) is 15.7. The number of hydrogen-bond donors (Lipinski definition) is 1. The first-order valence-electron chi connectivity index (χ1n) is 8.11. The van der Waals surface area contributed by atoms with Gasteiger partial charge in [-0.3, -0.25) is 4.90 Å². The summed E-state index contributed by atoms with van der Waals surface area (Å²) in [5.41, 5.74) is 0. The molecule has 0 saturated carbocycles. The van der Waals surface area contributed by atoms with E-state index < -0.39 is 0 Å². The first-order chi connectivity index (χ1) is 10.6. The minimum Gasteiger partial charge on any atom is -0.396 e. The molecule has 0 aromatic carbocycles. The molecule has 0 aromatic heterocycles. The first kappa shape index (κ1) is 16.6. The van der Waals surface area contributed by atoms with Crippen LogP contribution < -0.4 is 0 Å². The Hall–Kier alpha value is -0.280. The molecule has 7 heteroatoms. The average Bonchev–Trinajstić information content (AvgIpc) is 2.87. The number of nitrogens with zero attached hydrogens (tertiary/aromatic N) is 1. The second kappa shape index (κ2) is 7.09. The fourth-order valence-electron chi connectivity index (χ4n) is 3.62. The lowest BCUT2D eigenvalue weighted by Gasteiger charge is -2.40. The Morgan fingerprint density at radius 3 is 2.91 bits per heavy atom. The molecule has 7 nitrogen and oxygen atoms in total. The van der Waals surface area contributed by atoms with Gasteiger partial charge in [0.2, 0.25) is 0 Å². The van der Waals surface area contributed by atoms with Crippen LogP contribution in [0.1, 0.15) is 26.7 Å². The lowest BCUT2D eigenvalue weighted by molar-refractivity contribution is -0.252. The van der Waals surface area contributed by atoms with E-state index in [0.29, 0.717) is 13.0 Å². The summed E-state index contributed by atoms with van der Waals surface area (Å²) in [6, 6.07) is 0.252. The maximum absolute atomic E-state index is 9.00. The smallest absolute Gasteiger partial charge is 0.197 e. The fourth-order valence-corrected chi connectivity index (χ4v) is 3.62. The van der Waals surface area contributed by atoms with Crippen molar-refractivity contribution in [2.24, 2.45) is 0 Å². The Morgan fingerprint density at radius 2 is 2.18 bits per heavy atom. The second-order valence-corrected chi connectivity index (χ2v) is 6.24. The molecule has 0 spiro atoms. The molecule has 3 saturated heterocycles. The van der Waals surface area contributed by atoms with Crippen LogP contribution in [0.5, 0.6) is 0 Å². The van der Waals surface area contributed by atoms with E-state index in [4.69, 9.17) is 28.8 Å². The predicted octanol–water partition coefficient (Wildman–Crippen LogP) is 0.307. The molecule has 128 valence electrons. The largest absolute Gasteiger partial charge is 0.396 e. The van der Waals surface area contributed by atoms with Crippen molar-refractivity contribution >= 4 is 0 Å². The van der Waals surface area contributed by atoms with Gasteiger partial charge in [0.05, 0.1) is 18.8 Å². The Balaban J connectivity index is 1.66. The monoisotopic (exact) mass is 317 g/mol. The van der Waals surface area contributed by atoms with E-state index in [-0.39, 0.29) is 49.8 Å². The molecule has 0 bridgehead atoms. The van der Waals surface area contributed by atoms with Crippen molar-refractivity contribution in [1.29, 1.82) is 0 Å². The van der Waals surface area contributed by atoms with Crippen molar-refractivity contribution in [2.45, 2.75) is 69.9 Å². The number of aliphatic hydroxyl groups is 1. The molecule has 1 N–H and O–H groups in total. The molecule has 3 aliphatic rings. The van der Waals surface area contributed by atoms with Gasteiger partial charge in [-0.25, -0.2) is 0 Å². The molecule has 3 heterocycles. The number of aliphatic hydroxyl groups excluding tert-OH is 1. The van der Waals surface area contributed by atoms with Crippen LogP contribution in [0.3, 0.4) is 0 Å². The molecule has 0 aromatic rings. The third-order valence-electron chi connectivity index (χ3n) is 4.71. The lowest BCUT2D eigenvalue weighted by atomic mass is 9.99. The van der Waals surface area contributed by atoms with Crippen LogP contribution in [0, 0.1) is 0 Å². The van der Waals surface area contributed by atoms with E-state index in [0.717, 1.165) is 13.0 Å². The predicted molar refractivity (Wildman–Crippen MR) is 77.1 cm³/mol. The van der Waals surface area contributed by atoms with Crippen LogP contribution in [0.2, 0.25) is 0 Å². The molecule has 7 atom stereocenters. The quantitative estimate of drug-likeness (QED) is 0.782. The molecular formula is C15H27NO6.